The summed E-state index contributed by atoms with van der Waals surface area (Å²) in [5, 5.41) is 0. The Morgan fingerprint density at radius 2 is 2.24 bits per heavy atom. The summed E-state index contributed by atoms with van der Waals surface area (Å²) in [5.74, 6) is 1.06. The number of hydrogen-bond donors (Lipinski definition) is 1. The number of hydrogen-bond acceptors (Lipinski definition) is 6. The fourth-order valence-corrected chi connectivity index (χ4v) is 3.50. The molecule has 1 aromatic rings. The van der Waals surface area contributed by atoms with Crippen molar-refractivity contribution >= 4 is 15.7 Å². The molecule has 0 aliphatic carbocycles. The molecule has 2 N–H and O–H groups in total. The molecule has 2 heterocycles. The summed E-state index contributed by atoms with van der Waals surface area (Å²) in [4.78, 5) is 10.4. The largest absolute Gasteiger partial charge is 0.351 e. The van der Waals surface area contributed by atoms with E-state index in [9.17, 15) is 8.42 Å². The fraction of sp³-hybridized carbons (Fsp3) is 0.600. The van der Waals surface area contributed by atoms with E-state index in [1.807, 2.05) is 11.8 Å². The predicted molar refractivity (Wildman–Crippen MR) is 65.4 cm³/mol. The zero-order valence-corrected chi connectivity index (χ0v) is 10.5. The Kier molecular flexibility index (Phi) is 3.30. The van der Waals surface area contributed by atoms with E-state index in [1.54, 1.807) is 12.4 Å². The van der Waals surface area contributed by atoms with Gasteiger partial charge in [-0.05, 0) is 6.92 Å². The highest BCUT2D eigenvalue weighted by molar-refractivity contribution is 7.91. The highest BCUT2D eigenvalue weighted by Gasteiger charge is 2.28. The first-order chi connectivity index (χ1) is 8.02. The zero-order chi connectivity index (χ0) is 12.5. The minimum atomic E-state index is -2.90. The Balaban J connectivity index is 2.17. The molecule has 6 nitrogen and oxygen atoms in total. The van der Waals surface area contributed by atoms with Gasteiger partial charge in [0.15, 0.2) is 9.84 Å². The number of anilines is 1. The van der Waals surface area contributed by atoms with Crippen LogP contribution in [0.25, 0.3) is 0 Å². The predicted octanol–water partition coefficient (Wildman–Crippen LogP) is -0.441. The van der Waals surface area contributed by atoms with Crippen molar-refractivity contribution in [3.05, 3.63) is 18.1 Å². The van der Waals surface area contributed by atoms with Gasteiger partial charge in [-0.1, -0.05) is 0 Å². The Bertz CT molecular complexity index is 486. The lowest BCUT2D eigenvalue weighted by Crippen LogP contribution is -2.47. The van der Waals surface area contributed by atoms with E-state index in [2.05, 4.69) is 9.97 Å². The molecule has 1 aromatic heterocycles. The van der Waals surface area contributed by atoms with Crippen LogP contribution in [0.4, 0.5) is 5.82 Å². The van der Waals surface area contributed by atoms with Gasteiger partial charge >= 0.3 is 0 Å². The van der Waals surface area contributed by atoms with E-state index in [4.69, 9.17) is 5.73 Å². The van der Waals surface area contributed by atoms with Crippen LogP contribution in [0, 0.1) is 0 Å². The van der Waals surface area contributed by atoms with Crippen molar-refractivity contribution in [2.75, 3.05) is 23.0 Å². The molecule has 0 bridgehead atoms. The lowest BCUT2D eigenvalue weighted by molar-refractivity contribution is 0.566. The van der Waals surface area contributed by atoms with E-state index >= 15 is 0 Å². The molecule has 0 aromatic carbocycles. The van der Waals surface area contributed by atoms with Gasteiger partial charge in [0.2, 0.25) is 0 Å². The maximum Gasteiger partial charge on any atom is 0.154 e. The van der Waals surface area contributed by atoms with Gasteiger partial charge in [-0.25, -0.2) is 13.4 Å². The molecular weight excluding hydrogens is 240 g/mol. The second-order valence-electron chi connectivity index (χ2n) is 4.23. The van der Waals surface area contributed by atoms with Crippen molar-refractivity contribution in [1.29, 1.82) is 0 Å². The first-order valence-corrected chi connectivity index (χ1v) is 7.32. The molecule has 0 amide bonds. The zero-order valence-electron chi connectivity index (χ0n) is 9.70. The summed E-state index contributed by atoms with van der Waals surface area (Å²) in [6, 6.07) is -0.0632. The third-order valence-corrected chi connectivity index (χ3v) is 4.66. The highest BCUT2D eigenvalue weighted by Crippen LogP contribution is 2.18. The van der Waals surface area contributed by atoms with Crippen molar-refractivity contribution in [1.82, 2.24) is 9.97 Å². The van der Waals surface area contributed by atoms with Gasteiger partial charge in [-0.2, -0.15) is 0 Å². The molecule has 1 unspecified atom stereocenters. The van der Waals surface area contributed by atoms with E-state index < -0.39 is 9.84 Å². The van der Waals surface area contributed by atoms with Gasteiger partial charge in [-0.15, -0.1) is 0 Å². The van der Waals surface area contributed by atoms with Gasteiger partial charge in [-0.3, -0.25) is 4.98 Å². The SMILES string of the molecule is CC1CS(=O)(=O)CCN1c1cnc(CN)cn1. The average molecular weight is 256 g/mol. The Labute approximate surface area is 101 Å². The first-order valence-electron chi connectivity index (χ1n) is 5.50. The highest BCUT2D eigenvalue weighted by atomic mass is 32.2. The van der Waals surface area contributed by atoms with Crippen LogP contribution in [0.2, 0.25) is 0 Å². The van der Waals surface area contributed by atoms with Crippen LogP contribution in [-0.2, 0) is 16.4 Å². The van der Waals surface area contributed by atoms with Gasteiger partial charge in [0.05, 0.1) is 29.6 Å². The van der Waals surface area contributed by atoms with Crippen LogP contribution in [0.15, 0.2) is 12.4 Å². The third kappa shape index (κ3) is 2.73. The summed E-state index contributed by atoms with van der Waals surface area (Å²) in [7, 11) is -2.90. The van der Waals surface area contributed by atoms with Crippen molar-refractivity contribution in [3.8, 4) is 0 Å². The molecule has 0 spiro atoms. The molecular formula is C10H16N4O2S. The molecule has 7 heteroatoms. The number of nitrogens with zero attached hydrogens (tertiary/aromatic N) is 3. The van der Waals surface area contributed by atoms with E-state index in [0.29, 0.717) is 18.9 Å². The summed E-state index contributed by atoms with van der Waals surface area (Å²) in [5.41, 5.74) is 6.17. The Morgan fingerprint density at radius 3 is 2.76 bits per heavy atom. The summed E-state index contributed by atoms with van der Waals surface area (Å²) in [6.07, 6.45) is 3.28. The Morgan fingerprint density at radius 1 is 1.47 bits per heavy atom. The molecule has 0 saturated carbocycles. The maximum atomic E-state index is 11.5. The van der Waals surface area contributed by atoms with Crippen molar-refractivity contribution in [3.63, 3.8) is 0 Å². The standard InChI is InChI=1S/C10H16N4O2S/c1-8-7-17(15,16)3-2-14(8)10-6-12-9(4-11)5-13-10/h5-6,8H,2-4,7,11H2,1H3. The molecule has 17 heavy (non-hydrogen) atoms. The van der Waals surface area contributed by atoms with E-state index in [-0.39, 0.29) is 17.5 Å². The first kappa shape index (κ1) is 12.3. The normalized spacial score (nSPS) is 23.6. The second kappa shape index (κ2) is 4.58. The van der Waals surface area contributed by atoms with Crippen molar-refractivity contribution < 1.29 is 8.42 Å². The van der Waals surface area contributed by atoms with Gasteiger partial charge < -0.3 is 10.6 Å². The van der Waals surface area contributed by atoms with Crippen LogP contribution in [0.3, 0.4) is 0 Å². The minimum absolute atomic E-state index is 0.0632. The lowest BCUT2D eigenvalue weighted by atomic mass is 10.3. The van der Waals surface area contributed by atoms with Crippen LogP contribution in [-0.4, -0.2) is 42.5 Å². The van der Waals surface area contributed by atoms with Crippen LogP contribution < -0.4 is 10.6 Å². The van der Waals surface area contributed by atoms with Crippen LogP contribution >= 0.6 is 0 Å². The summed E-state index contributed by atoms with van der Waals surface area (Å²) in [6.45, 7) is 2.71. The average Bonchev–Trinajstić information content (AvgIpc) is 2.28. The second-order valence-corrected chi connectivity index (χ2v) is 6.46. The van der Waals surface area contributed by atoms with Crippen molar-refractivity contribution in [2.24, 2.45) is 5.73 Å². The summed E-state index contributed by atoms with van der Waals surface area (Å²) >= 11 is 0. The minimum Gasteiger partial charge on any atom is -0.351 e. The van der Waals surface area contributed by atoms with Crippen LogP contribution in [0.5, 0.6) is 0 Å². The Hall–Kier alpha value is -1.21. The molecule has 1 aliphatic rings. The smallest absolute Gasteiger partial charge is 0.154 e. The molecule has 1 fully saturated rings. The number of nitrogens with two attached hydrogens (primary N) is 1. The molecule has 1 atom stereocenters. The van der Waals surface area contributed by atoms with E-state index in [0.717, 1.165) is 5.69 Å². The lowest BCUT2D eigenvalue weighted by Gasteiger charge is -2.33. The molecule has 1 saturated heterocycles. The molecule has 0 radical (unpaired) electrons. The molecule has 2 rings (SSSR count). The third-order valence-electron chi connectivity index (χ3n) is 2.87. The monoisotopic (exact) mass is 256 g/mol. The van der Waals surface area contributed by atoms with Gasteiger partial charge in [0.25, 0.3) is 0 Å². The summed E-state index contributed by atoms with van der Waals surface area (Å²) < 4.78 is 22.9. The van der Waals surface area contributed by atoms with Gasteiger partial charge in [0.1, 0.15) is 5.82 Å². The topological polar surface area (TPSA) is 89.2 Å². The molecule has 94 valence electrons. The fourth-order valence-electron chi connectivity index (χ4n) is 1.94. The van der Waals surface area contributed by atoms with Crippen molar-refractivity contribution in [2.45, 2.75) is 19.5 Å². The molecule has 1 aliphatic heterocycles. The number of sulfone groups is 1. The van der Waals surface area contributed by atoms with Crippen LogP contribution in [0.1, 0.15) is 12.6 Å². The van der Waals surface area contributed by atoms with E-state index in [1.165, 1.54) is 0 Å². The van der Waals surface area contributed by atoms with Gasteiger partial charge in [0, 0.05) is 19.1 Å². The quantitative estimate of drug-likeness (QED) is 0.771. The number of aromatic nitrogens is 2. The maximum absolute atomic E-state index is 11.5. The number of rotatable bonds is 2.